The van der Waals surface area contributed by atoms with Crippen LogP contribution in [0.1, 0.15) is 12.6 Å². The number of nitrogen functional groups attached to an aromatic ring is 1. The average molecular weight is 217 g/mol. The fourth-order valence-corrected chi connectivity index (χ4v) is 1.75. The lowest BCUT2D eigenvalue weighted by Gasteiger charge is -2.05. The molecule has 0 saturated heterocycles. The average Bonchev–Trinajstić information content (AvgIpc) is 2.70. The molecule has 0 amide bonds. The smallest absolute Gasteiger partial charge is 0.153 e. The normalized spacial score (nSPS) is 10.4. The molecule has 0 unspecified atom stereocenters. The van der Waals surface area contributed by atoms with Crippen LogP contribution in [-0.4, -0.2) is 17.3 Å². The zero-order valence-electron chi connectivity index (χ0n) is 9.45. The number of aromatic nitrogens is 2. The van der Waals surface area contributed by atoms with E-state index in [2.05, 4.69) is 17.1 Å². The van der Waals surface area contributed by atoms with Gasteiger partial charge >= 0.3 is 0 Å². The van der Waals surface area contributed by atoms with E-state index in [0.717, 1.165) is 29.0 Å². The van der Waals surface area contributed by atoms with Crippen LogP contribution in [0.25, 0.3) is 11.1 Å². The van der Waals surface area contributed by atoms with Gasteiger partial charge in [-0.15, -0.1) is 0 Å². The molecular weight excluding hydrogens is 202 g/mol. The van der Waals surface area contributed by atoms with Crippen molar-refractivity contribution in [2.75, 3.05) is 12.8 Å². The van der Waals surface area contributed by atoms with Crippen LogP contribution in [-0.2, 0) is 6.42 Å². The van der Waals surface area contributed by atoms with Gasteiger partial charge in [0.05, 0.1) is 7.11 Å². The van der Waals surface area contributed by atoms with E-state index in [4.69, 9.17) is 10.5 Å². The predicted octanol–water partition coefficient (Wildman–Crippen LogP) is 2.23. The monoisotopic (exact) mass is 217 g/mol. The van der Waals surface area contributed by atoms with E-state index >= 15 is 0 Å². The van der Waals surface area contributed by atoms with Crippen LogP contribution in [0.2, 0.25) is 0 Å². The van der Waals surface area contributed by atoms with Gasteiger partial charge in [-0.1, -0.05) is 19.1 Å². The largest absolute Gasteiger partial charge is 0.497 e. The van der Waals surface area contributed by atoms with Crippen molar-refractivity contribution in [1.82, 2.24) is 10.2 Å². The molecule has 3 N–H and O–H groups in total. The van der Waals surface area contributed by atoms with Crippen molar-refractivity contribution in [3.05, 3.63) is 30.0 Å². The molecule has 4 nitrogen and oxygen atoms in total. The second-order valence-electron chi connectivity index (χ2n) is 3.55. The van der Waals surface area contributed by atoms with Gasteiger partial charge in [0.1, 0.15) is 5.75 Å². The van der Waals surface area contributed by atoms with E-state index in [1.165, 1.54) is 0 Å². The Kier molecular flexibility index (Phi) is 2.81. The van der Waals surface area contributed by atoms with Gasteiger partial charge in [0, 0.05) is 11.3 Å². The predicted molar refractivity (Wildman–Crippen MR) is 64.4 cm³/mol. The van der Waals surface area contributed by atoms with Crippen LogP contribution in [0.5, 0.6) is 5.75 Å². The quantitative estimate of drug-likeness (QED) is 0.828. The molecule has 1 heterocycles. The molecule has 0 atom stereocenters. The maximum Gasteiger partial charge on any atom is 0.153 e. The number of hydrogen-bond acceptors (Lipinski definition) is 3. The first-order valence-corrected chi connectivity index (χ1v) is 5.23. The van der Waals surface area contributed by atoms with Gasteiger partial charge in [-0.3, -0.25) is 5.10 Å². The Morgan fingerprint density at radius 1 is 1.44 bits per heavy atom. The summed E-state index contributed by atoms with van der Waals surface area (Å²) in [5, 5.41) is 6.98. The number of nitrogens with two attached hydrogens (primary N) is 1. The maximum absolute atomic E-state index is 5.86. The Morgan fingerprint density at radius 2 is 2.25 bits per heavy atom. The standard InChI is InChI=1S/C12H15N3O/c1-3-10-11(12(13)15-14-10)8-5-4-6-9(7-8)16-2/h4-7H,3H2,1-2H3,(H3,13,14,15). The molecule has 0 radical (unpaired) electrons. The number of rotatable bonds is 3. The number of H-pyrrole nitrogens is 1. The minimum Gasteiger partial charge on any atom is -0.497 e. The Labute approximate surface area is 94.4 Å². The second kappa shape index (κ2) is 4.26. The van der Waals surface area contributed by atoms with Crippen LogP contribution in [0.3, 0.4) is 0 Å². The SMILES string of the molecule is CCc1[nH]nc(N)c1-c1cccc(OC)c1. The number of ether oxygens (including phenoxy) is 1. The molecule has 1 aromatic carbocycles. The van der Waals surface area contributed by atoms with Crippen molar-refractivity contribution in [1.29, 1.82) is 0 Å². The molecule has 0 spiro atoms. The summed E-state index contributed by atoms with van der Waals surface area (Å²) in [6.07, 6.45) is 0.872. The number of anilines is 1. The molecule has 84 valence electrons. The molecule has 16 heavy (non-hydrogen) atoms. The first kappa shape index (κ1) is 10.5. The number of nitrogens with one attached hydrogen (secondary N) is 1. The van der Waals surface area contributed by atoms with E-state index in [9.17, 15) is 0 Å². The summed E-state index contributed by atoms with van der Waals surface area (Å²) in [6, 6.07) is 7.81. The van der Waals surface area contributed by atoms with Gasteiger partial charge in [0.25, 0.3) is 0 Å². The van der Waals surface area contributed by atoms with Gasteiger partial charge in [-0.25, -0.2) is 0 Å². The topological polar surface area (TPSA) is 63.9 Å². The third kappa shape index (κ3) is 1.74. The number of methoxy groups -OCH3 is 1. The van der Waals surface area contributed by atoms with Crippen LogP contribution < -0.4 is 10.5 Å². The highest BCUT2D eigenvalue weighted by Gasteiger charge is 2.11. The third-order valence-electron chi connectivity index (χ3n) is 2.58. The molecule has 0 aliphatic rings. The number of aryl methyl sites for hydroxylation is 1. The number of hydrogen-bond donors (Lipinski definition) is 2. The molecule has 1 aromatic heterocycles. The van der Waals surface area contributed by atoms with Crippen molar-refractivity contribution in [3.8, 4) is 16.9 Å². The van der Waals surface area contributed by atoms with Gasteiger partial charge in [-0.2, -0.15) is 5.10 Å². The van der Waals surface area contributed by atoms with Crippen LogP contribution >= 0.6 is 0 Å². The summed E-state index contributed by atoms with van der Waals surface area (Å²) in [5.74, 6) is 1.35. The fourth-order valence-electron chi connectivity index (χ4n) is 1.75. The van der Waals surface area contributed by atoms with E-state index in [0.29, 0.717) is 5.82 Å². The Hall–Kier alpha value is -1.97. The van der Waals surface area contributed by atoms with E-state index in [1.807, 2.05) is 24.3 Å². The molecule has 0 aliphatic carbocycles. The Bertz CT molecular complexity index is 491. The third-order valence-corrected chi connectivity index (χ3v) is 2.58. The highest BCUT2D eigenvalue weighted by atomic mass is 16.5. The van der Waals surface area contributed by atoms with Crippen molar-refractivity contribution >= 4 is 5.82 Å². The van der Waals surface area contributed by atoms with Crippen molar-refractivity contribution in [3.63, 3.8) is 0 Å². The lowest BCUT2D eigenvalue weighted by Crippen LogP contribution is -1.91. The fraction of sp³-hybridized carbons (Fsp3) is 0.250. The van der Waals surface area contributed by atoms with Crippen molar-refractivity contribution in [2.45, 2.75) is 13.3 Å². The molecular formula is C12H15N3O. The van der Waals surface area contributed by atoms with E-state index in [-0.39, 0.29) is 0 Å². The van der Waals surface area contributed by atoms with E-state index < -0.39 is 0 Å². The van der Waals surface area contributed by atoms with Gasteiger partial charge in [0.2, 0.25) is 0 Å². The van der Waals surface area contributed by atoms with Crippen LogP contribution in [0, 0.1) is 0 Å². The Morgan fingerprint density at radius 3 is 2.94 bits per heavy atom. The second-order valence-corrected chi connectivity index (χ2v) is 3.55. The summed E-state index contributed by atoms with van der Waals surface area (Å²) in [6.45, 7) is 2.07. The molecule has 0 fully saturated rings. The number of aromatic amines is 1. The number of nitrogens with zero attached hydrogens (tertiary/aromatic N) is 1. The minimum atomic E-state index is 0.533. The number of benzene rings is 1. The van der Waals surface area contributed by atoms with Crippen molar-refractivity contribution in [2.24, 2.45) is 0 Å². The summed E-state index contributed by atoms with van der Waals surface area (Å²) >= 11 is 0. The molecule has 2 aromatic rings. The molecule has 0 saturated carbocycles. The van der Waals surface area contributed by atoms with E-state index in [1.54, 1.807) is 7.11 Å². The summed E-state index contributed by atoms with van der Waals surface area (Å²) < 4.78 is 5.19. The zero-order valence-corrected chi connectivity index (χ0v) is 9.45. The molecule has 0 bridgehead atoms. The molecule has 2 rings (SSSR count). The minimum absolute atomic E-state index is 0.533. The Balaban J connectivity index is 2.53. The lowest BCUT2D eigenvalue weighted by atomic mass is 10.0. The molecule has 0 aliphatic heterocycles. The first-order valence-electron chi connectivity index (χ1n) is 5.23. The van der Waals surface area contributed by atoms with Crippen LogP contribution in [0.15, 0.2) is 24.3 Å². The van der Waals surface area contributed by atoms with Gasteiger partial charge in [0.15, 0.2) is 5.82 Å². The highest BCUT2D eigenvalue weighted by molar-refractivity contribution is 5.77. The summed E-state index contributed by atoms with van der Waals surface area (Å²) in [7, 11) is 1.65. The first-order chi connectivity index (χ1) is 7.76. The van der Waals surface area contributed by atoms with Gasteiger partial charge in [-0.05, 0) is 24.1 Å². The lowest BCUT2D eigenvalue weighted by molar-refractivity contribution is 0.415. The molecule has 4 heteroatoms. The van der Waals surface area contributed by atoms with Crippen LogP contribution in [0.4, 0.5) is 5.82 Å². The maximum atomic E-state index is 5.86. The summed E-state index contributed by atoms with van der Waals surface area (Å²) in [4.78, 5) is 0. The summed E-state index contributed by atoms with van der Waals surface area (Å²) in [5.41, 5.74) is 8.91. The highest BCUT2D eigenvalue weighted by Crippen LogP contribution is 2.30. The zero-order chi connectivity index (χ0) is 11.5. The van der Waals surface area contributed by atoms with Gasteiger partial charge < -0.3 is 10.5 Å². The van der Waals surface area contributed by atoms with Crippen molar-refractivity contribution < 1.29 is 4.74 Å².